The lowest BCUT2D eigenvalue weighted by Crippen LogP contribution is -2.48. The SMILES string of the molecule is CCc1nnsc1C(=O)N1CCN(Cc2ccco2)CC1. The third kappa shape index (κ3) is 3.14. The molecule has 21 heavy (non-hydrogen) atoms. The summed E-state index contributed by atoms with van der Waals surface area (Å²) in [5.41, 5.74) is 0.808. The van der Waals surface area contributed by atoms with Crippen LogP contribution >= 0.6 is 11.5 Å². The van der Waals surface area contributed by atoms with Crippen LogP contribution in [0.25, 0.3) is 0 Å². The molecule has 0 saturated carbocycles. The van der Waals surface area contributed by atoms with E-state index in [1.165, 1.54) is 11.5 Å². The van der Waals surface area contributed by atoms with E-state index in [0.29, 0.717) is 4.88 Å². The van der Waals surface area contributed by atoms with Crippen LogP contribution in [0.2, 0.25) is 0 Å². The molecule has 0 N–H and O–H groups in total. The van der Waals surface area contributed by atoms with Gasteiger partial charge in [0.25, 0.3) is 5.91 Å². The zero-order chi connectivity index (χ0) is 14.7. The van der Waals surface area contributed by atoms with Crippen LogP contribution < -0.4 is 0 Å². The number of nitrogens with zero attached hydrogens (tertiary/aromatic N) is 4. The molecule has 1 aliphatic heterocycles. The fourth-order valence-corrected chi connectivity index (χ4v) is 3.20. The normalized spacial score (nSPS) is 16.3. The van der Waals surface area contributed by atoms with Gasteiger partial charge < -0.3 is 9.32 Å². The molecule has 2 aromatic heterocycles. The molecule has 0 aliphatic carbocycles. The van der Waals surface area contributed by atoms with E-state index in [-0.39, 0.29) is 5.91 Å². The van der Waals surface area contributed by atoms with Gasteiger partial charge in [-0.2, -0.15) is 0 Å². The summed E-state index contributed by atoms with van der Waals surface area (Å²) < 4.78 is 9.26. The Balaban J connectivity index is 1.57. The van der Waals surface area contributed by atoms with Crippen molar-refractivity contribution in [2.75, 3.05) is 26.2 Å². The summed E-state index contributed by atoms with van der Waals surface area (Å²) in [5.74, 6) is 1.04. The first-order valence-electron chi connectivity index (χ1n) is 7.13. The number of hydrogen-bond acceptors (Lipinski definition) is 6. The fraction of sp³-hybridized carbons (Fsp3) is 0.500. The van der Waals surface area contributed by atoms with Gasteiger partial charge in [-0.3, -0.25) is 9.69 Å². The number of aromatic nitrogens is 2. The first-order chi connectivity index (χ1) is 10.3. The molecule has 0 bridgehead atoms. The van der Waals surface area contributed by atoms with Gasteiger partial charge >= 0.3 is 0 Å². The Morgan fingerprint density at radius 3 is 2.86 bits per heavy atom. The Morgan fingerprint density at radius 1 is 1.38 bits per heavy atom. The van der Waals surface area contributed by atoms with Crippen molar-refractivity contribution < 1.29 is 9.21 Å². The third-order valence-corrected chi connectivity index (χ3v) is 4.46. The molecule has 2 aromatic rings. The van der Waals surface area contributed by atoms with Gasteiger partial charge in [0.05, 0.1) is 18.5 Å². The molecule has 3 heterocycles. The van der Waals surface area contributed by atoms with E-state index in [9.17, 15) is 4.79 Å². The van der Waals surface area contributed by atoms with E-state index < -0.39 is 0 Å². The molecule has 0 radical (unpaired) electrons. The van der Waals surface area contributed by atoms with Gasteiger partial charge in [-0.15, -0.1) is 5.10 Å². The van der Waals surface area contributed by atoms with Gasteiger partial charge in [0.1, 0.15) is 10.6 Å². The molecule has 0 aromatic carbocycles. The van der Waals surface area contributed by atoms with Crippen molar-refractivity contribution in [1.82, 2.24) is 19.4 Å². The number of rotatable bonds is 4. The predicted molar refractivity (Wildman–Crippen MR) is 79.2 cm³/mol. The van der Waals surface area contributed by atoms with Gasteiger partial charge in [-0.25, -0.2) is 0 Å². The van der Waals surface area contributed by atoms with Crippen LogP contribution in [0.5, 0.6) is 0 Å². The highest BCUT2D eigenvalue weighted by atomic mass is 32.1. The quantitative estimate of drug-likeness (QED) is 0.859. The average Bonchev–Trinajstić information content (AvgIpc) is 3.18. The topological polar surface area (TPSA) is 62.5 Å². The fourth-order valence-electron chi connectivity index (χ4n) is 2.48. The highest BCUT2D eigenvalue weighted by molar-refractivity contribution is 7.08. The van der Waals surface area contributed by atoms with Crippen molar-refractivity contribution in [2.24, 2.45) is 0 Å². The van der Waals surface area contributed by atoms with Crippen molar-refractivity contribution in [3.63, 3.8) is 0 Å². The van der Waals surface area contributed by atoms with Gasteiger partial charge in [0.2, 0.25) is 0 Å². The maximum absolute atomic E-state index is 12.5. The van der Waals surface area contributed by atoms with E-state index in [1.54, 1.807) is 6.26 Å². The van der Waals surface area contributed by atoms with Crippen LogP contribution in [-0.4, -0.2) is 51.5 Å². The van der Waals surface area contributed by atoms with E-state index in [0.717, 1.165) is 50.6 Å². The minimum Gasteiger partial charge on any atom is -0.468 e. The second kappa shape index (κ2) is 6.36. The van der Waals surface area contributed by atoms with Crippen molar-refractivity contribution in [2.45, 2.75) is 19.9 Å². The van der Waals surface area contributed by atoms with Crippen molar-refractivity contribution in [3.8, 4) is 0 Å². The monoisotopic (exact) mass is 306 g/mol. The summed E-state index contributed by atoms with van der Waals surface area (Å²) in [7, 11) is 0. The molecule has 0 atom stereocenters. The highest BCUT2D eigenvalue weighted by Gasteiger charge is 2.25. The summed E-state index contributed by atoms with van der Waals surface area (Å²) in [6, 6.07) is 3.88. The number of carbonyl (C=O) groups excluding carboxylic acids is 1. The molecule has 1 saturated heterocycles. The highest BCUT2D eigenvalue weighted by Crippen LogP contribution is 2.16. The van der Waals surface area contributed by atoms with E-state index in [4.69, 9.17) is 4.42 Å². The van der Waals surface area contributed by atoms with Gasteiger partial charge in [0.15, 0.2) is 0 Å². The molecule has 1 aliphatic rings. The Hall–Kier alpha value is -1.73. The minimum atomic E-state index is 0.0690. The third-order valence-electron chi connectivity index (χ3n) is 3.70. The second-order valence-corrected chi connectivity index (χ2v) is 5.80. The molecule has 112 valence electrons. The van der Waals surface area contributed by atoms with Crippen molar-refractivity contribution >= 4 is 17.4 Å². The van der Waals surface area contributed by atoms with Gasteiger partial charge in [-0.1, -0.05) is 11.4 Å². The Morgan fingerprint density at radius 2 is 2.19 bits per heavy atom. The van der Waals surface area contributed by atoms with Crippen LogP contribution in [0, 0.1) is 0 Å². The van der Waals surface area contributed by atoms with Crippen LogP contribution in [0.15, 0.2) is 22.8 Å². The number of amides is 1. The maximum Gasteiger partial charge on any atom is 0.267 e. The van der Waals surface area contributed by atoms with E-state index in [2.05, 4.69) is 14.5 Å². The van der Waals surface area contributed by atoms with Crippen LogP contribution in [0.1, 0.15) is 28.0 Å². The molecule has 0 spiro atoms. The average molecular weight is 306 g/mol. The number of aryl methyl sites for hydroxylation is 1. The first kappa shape index (κ1) is 14.2. The summed E-state index contributed by atoms with van der Waals surface area (Å²) in [4.78, 5) is 17.4. The molecule has 0 unspecified atom stereocenters. The number of piperazine rings is 1. The zero-order valence-corrected chi connectivity index (χ0v) is 12.8. The van der Waals surface area contributed by atoms with Crippen LogP contribution in [0.4, 0.5) is 0 Å². The minimum absolute atomic E-state index is 0.0690. The lowest BCUT2D eigenvalue weighted by Gasteiger charge is -2.34. The first-order valence-corrected chi connectivity index (χ1v) is 7.90. The Labute approximate surface area is 127 Å². The summed E-state index contributed by atoms with van der Waals surface area (Å²) in [5, 5.41) is 4.01. The Kier molecular flexibility index (Phi) is 4.31. The smallest absolute Gasteiger partial charge is 0.267 e. The van der Waals surface area contributed by atoms with Crippen LogP contribution in [-0.2, 0) is 13.0 Å². The van der Waals surface area contributed by atoms with Gasteiger partial charge in [0, 0.05) is 26.2 Å². The molecule has 1 amide bonds. The lowest BCUT2D eigenvalue weighted by molar-refractivity contribution is 0.0624. The Bertz CT molecular complexity index is 588. The van der Waals surface area contributed by atoms with Crippen LogP contribution in [0.3, 0.4) is 0 Å². The molecule has 3 rings (SSSR count). The predicted octanol–water partition coefficient (Wildman–Crippen LogP) is 1.65. The van der Waals surface area contributed by atoms with Crippen molar-refractivity contribution in [1.29, 1.82) is 0 Å². The van der Waals surface area contributed by atoms with E-state index in [1.807, 2.05) is 24.0 Å². The molecule has 1 fully saturated rings. The molecule has 7 heteroatoms. The summed E-state index contributed by atoms with van der Waals surface area (Å²) in [6.07, 6.45) is 2.44. The van der Waals surface area contributed by atoms with Crippen molar-refractivity contribution in [3.05, 3.63) is 34.7 Å². The van der Waals surface area contributed by atoms with E-state index >= 15 is 0 Å². The molecular formula is C14H18N4O2S. The number of carbonyl (C=O) groups is 1. The zero-order valence-electron chi connectivity index (χ0n) is 12.0. The van der Waals surface area contributed by atoms with Gasteiger partial charge in [-0.05, 0) is 30.1 Å². The maximum atomic E-state index is 12.5. The molecular weight excluding hydrogens is 288 g/mol. The summed E-state index contributed by atoms with van der Waals surface area (Å²) >= 11 is 1.20. The second-order valence-electron chi connectivity index (χ2n) is 5.05. The number of furan rings is 1. The standard InChI is InChI=1S/C14H18N4O2S/c1-2-12-13(21-16-15-12)14(19)18-7-5-17(6-8-18)10-11-4-3-9-20-11/h3-4,9H,2,5-8,10H2,1H3. The summed E-state index contributed by atoms with van der Waals surface area (Å²) in [6.45, 7) is 5.99. The largest absolute Gasteiger partial charge is 0.468 e. The lowest BCUT2D eigenvalue weighted by atomic mass is 10.2. The molecule has 6 nitrogen and oxygen atoms in total. The number of hydrogen-bond donors (Lipinski definition) is 0.